The van der Waals surface area contributed by atoms with Crippen LogP contribution in [0.3, 0.4) is 0 Å². The molecule has 0 spiro atoms. The summed E-state index contributed by atoms with van der Waals surface area (Å²) in [5.41, 5.74) is 1.06. The lowest BCUT2D eigenvalue weighted by Crippen LogP contribution is -2.53. The third-order valence-corrected chi connectivity index (χ3v) is 5.14. The van der Waals surface area contributed by atoms with Crippen LogP contribution in [0.25, 0.3) is 0 Å². The van der Waals surface area contributed by atoms with E-state index < -0.39 is 0 Å². The standard InChI is InChI=1S/C14H21N5O2S/c1-10-9-22-14(16-10)18-5-3-17(8-11(18)2)4-6-19-12(20)7-15-13(19)21/h9,11H,3-8H2,1-2H3,(H,15,21)/t11-/m0/s1. The number of hydrogen-bond donors (Lipinski definition) is 1. The molecule has 0 radical (unpaired) electrons. The van der Waals surface area contributed by atoms with E-state index in [0.717, 1.165) is 37.0 Å². The summed E-state index contributed by atoms with van der Waals surface area (Å²) in [4.78, 5) is 33.6. The summed E-state index contributed by atoms with van der Waals surface area (Å²) >= 11 is 1.69. The third kappa shape index (κ3) is 3.07. The minimum Gasteiger partial charge on any atom is -0.343 e. The number of amides is 3. The molecule has 0 saturated carbocycles. The minimum absolute atomic E-state index is 0.130. The number of rotatable bonds is 4. The van der Waals surface area contributed by atoms with Crippen molar-refractivity contribution in [2.75, 3.05) is 44.2 Å². The molecule has 120 valence electrons. The molecule has 0 bridgehead atoms. The first-order chi connectivity index (χ1) is 10.5. The first-order valence-electron chi connectivity index (χ1n) is 7.54. The molecular weight excluding hydrogens is 302 g/mol. The van der Waals surface area contributed by atoms with Crippen LogP contribution < -0.4 is 10.2 Å². The molecule has 8 heteroatoms. The van der Waals surface area contributed by atoms with Crippen LogP contribution in [0.2, 0.25) is 0 Å². The summed E-state index contributed by atoms with van der Waals surface area (Å²) < 4.78 is 0. The van der Waals surface area contributed by atoms with E-state index in [-0.39, 0.29) is 18.5 Å². The molecule has 3 heterocycles. The quantitative estimate of drug-likeness (QED) is 0.818. The predicted molar refractivity (Wildman–Crippen MR) is 85.2 cm³/mol. The van der Waals surface area contributed by atoms with Gasteiger partial charge in [-0.2, -0.15) is 0 Å². The van der Waals surface area contributed by atoms with Crippen LogP contribution >= 0.6 is 11.3 Å². The van der Waals surface area contributed by atoms with Crippen LogP contribution in [0, 0.1) is 6.92 Å². The summed E-state index contributed by atoms with van der Waals surface area (Å²) in [7, 11) is 0. The van der Waals surface area contributed by atoms with Gasteiger partial charge in [0.2, 0.25) is 5.91 Å². The van der Waals surface area contributed by atoms with E-state index in [4.69, 9.17) is 0 Å². The number of piperazine rings is 1. The van der Waals surface area contributed by atoms with Crippen LogP contribution in [-0.4, -0.2) is 72.0 Å². The third-order valence-electron chi connectivity index (χ3n) is 4.14. The summed E-state index contributed by atoms with van der Waals surface area (Å²) in [5.74, 6) is -0.130. The number of imide groups is 1. The lowest BCUT2D eigenvalue weighted by Gasteiger charge is -2.40. The number of aromatic nitrogens is 1. The van der Waals surface area contributed by atoms with Gasteiger partial charge in [-0.05, 0) is 13.8 Å². The number of urea groups is 1. The zero-order chi connectivity index (χ0) is 15.7. The Hall–Kier alpha value is -1.67. The second-order valence-corrected chi connectivity index (χ2v) is 6.66. The molecule has 1 N–H and O–H groups in total. The second kappa shape index (κ2) is 6.21. The van der Waals surface area contributed by atoms with Gasteiger partial charge in [-0.25, -0.2) is 9.78 Å². The summed E-state index contributed by atoms with van der Waals surface area (Å²) in [5, 5.41) is 5.71. The zero-order valence-electron chi connectivity index (χ0n) is 12.9. The van der Waals surface area contributed by atoms with Crippen LogP contribution in [0.4, 0.5) is 9.93 Å². The normalized spacial score (nSPS) is 23.3. The maximum Gasteiger partial charge on any atom is 0.324 e. The average Bonchev–Trinajstić information content (AvgIpc) is 3.04. The van der Waals surface area contributed by atoms with E-state index >= 15 is 0 Å². The van der Waals surface area contributed by atoms with E-state index in [1.165, 1.54) is 4.90 Å². The van der Waals surface area contributed by atoms with Crippen molar-refractivity contribution in [3.05, 3.63) is 11.1 Å². The van der Waals surface area contributed by atoms with Gasteiger partial charge in [0.05, 0.1) is 12.2 Å². The van der Waals surface area contributed by atoms with E-state index in [1.54, 1.807) is 11.3 Å². The van der Waals surface area contributed by atoms with Crippen molar-refractivity contribution in [1.82, 2.24) is 20.1 Å². The van der Waals surface area contributed by atoms with Crippen LogP contribution in [0.15, 0.2) is 5.38 Å². The molecule has 2 aliphatic heterocycles. The lowest BCUT2D eigenvalue weighted by molar-refractivity contribution is -0.125. The Morgan fingerprint density at radius 2 is 2.18 bits per heavy atom. The number of anilines is 1. The highest BCUT2D eigenvalue weighted by atomic mass is 32.1. The topological polar surface area (TPSA) is 68.8 Å². The number of nitrogens with one attached hydrogen (secondary N) is 1. The molecule has 1 atom stereocenters. The van der Waals surface area contributed by atoms with Gasteiger partial charge >= 0.3 is 6.03 Å². The number of nitrogens with zero attached hydrogens (tertiary/aromatic N) is 4. The van der Waals surface area contributed by atoms with Gasteiger partial charge in [-0.1, -0.05) is 0 Å². The first kappa shape index (κ1) is 15.2. The molecule has 2 saturated heterocycles. The monoisotopic (exact) mass is 323 g/mol. The Labute approximate surface area is 133 Å². The molecule has 2 fully saturated rings. The summed E-state index contributed by atoms with van der Waals surface area (Å²) in [6.45, 7) is 8.30. The van der Waals surface area contributed by atoms with Crippen molar-refractivity contribution in [3.8, 4) is 0 Å². The van der Waals surface area contributed by atoms with E-state index in [2.05, 4.69) is 32.4 Å². The molecule has 1 aromatic heterocycles. The van der Waals surface area contributed by atoms with E-state index in [0.29, 0.717) is 12.6 Å². The number of aryl methyl sites for hydroxylation is 1. The first-order valence-corrected chi connectivity index (χ1v) is 8.42. The Balaban J connectivity index is 1.52. The van der Waals surface area contributed by atoms with Crippen LogP contribution in [0.1, 0.15) is 12.6 Å². The highest BCUT2D eigenvalue weighted by Gasteiger charge is 2.30. The number of hydrogen-bond acceptors (Lipinski definition) is 6. The van der Waals surface area contributed by atoms with Crippen molar-refractivity contribution >= 4 is 28.4 Å². The number of carbonyl (C=O) groups is 2. The Morgan fingerprint density at radius 1 is 1.36 bits per heavy atom. The van der Waals surface area contributed by atoms with Gasteiger partial charge in [-0.15, -0.1) is 11.3 Å². The highest BCUT2D eigenvalue weighted by Crippen LogP contribution is 2.24. The van der Waals surface area contributed by atoms with Gasteiger partial charge in [0.1, 0.15) is 0 Å². The second-order valence-electron chi connectivity index (χ2n) is 5.82. The molecule has 7 nitrogen and oxygen atoms in total. The van der Waals surface area contributed by atoms with Crippen molar-refractivity contribution < 1.29 is 9.59 Å². The van der Waals surface area contributed by atoms with Gasteiger partial charge in [0.15, 0.2) is 5.13 Å². The SMILES string of the molecule is Cc1csc(N2CCN(CCN3C(=O)CNC3=O)C[C@@H]2C)n1. The molecule has 0 unspecified atom stereocenters. The van der Waals surface area contributed by atoms with Crippen molar-refractivity contribution in [2.45, 2.75) is 19.9 Å². The lowest BCUT2D eigenvalue weighted by atomic mass is 10.2. The fourth-order valence-corrected chi connectivity index (χ4v) is 3.85. The van der Waals surface area contributed by atoms with E-state index in [1.807, 2.05) is 6.92 Å². The van der Waals surface area contributed by atoms with Gasteiger partial charge < -0.3 is 10.2 Å². The van der Waals surface area contributed by atoms with Gasteiger partial charge in [0.25, 0.3) is 0 Å². The number of thiazole rings is 1. The molecule has 22 heavy (non-hydrogen) atoms. The van der Waals surface area contributed by atoms with Gasteiger partial charge in [0, 0.05) is 44.1 Å². The van der Waals surface area contributed by atoms with Crippen molar-refractivity contribution in [2.24, 2.45) is 0 Å². The smallest absolute Gasteiger partial charge is 0.324 e. The average molecular weight is 323 g/mol. The number of carbonyl (C=O) groups excluding carboxylic acids is 2. The molecule has 0 aromatic carbocycles. The zero-order valence-corrected chi connectivity index (χ0v) is 13.7. The maximum atomic E-state index is 11.6. The highest BCUT2D eigenvalue weighted by molar-refractivity contribution is 7.13. The Kier molecular flexibility index (Phi) is 4.30. The largest absolute Gasteiger partial charge is 0.343 e. The predicted octanol–water partition coefficient (Wildman–Crippen LogP) is 0.514. The van der Waals surface area contributed by atoms with Crippen LogP contribution in [0.5, 0.6) is 0 Å². The Morgan fingerprint density at radius 3 is 2.77 bits per heavy atom. The summed E-state index contributed by atoms with van der Waals surface area (Å²) in [6.07, 6.45) is 0. The fraction of sp³-hybridized carbons (Fsp3) is 0.643. The maximum absolute atomic E-state index is 11.6. The van der Waals surface area contributed by atoms with Crippen LogP contribution in [-0.2, 0) is 4.79 Å². The van der Waals surface area contributed by atoms with Crippen molar-refractivity contribution in [1.29, 1.82) is 0 Å². The molecular formula is C14H21N5O2S. The molecule has 3 amide bonds. The minimum atomic E-state index is -0.269. The molecule has 1 aromatic rings. The van der Waals surface area contributed by atoms with Crippen molar-refractivity contribution in [3.63, 3.8) is 0 Å². The fourth-order valence-electron chi connectivity index (χ4n) is 2.92. The molecule has 3 rings (SSSR count). The van der Waals surface area contributed by atoms with Gasteiger partial charge in [-0.3, -0.25) is 14.6 Å². The summed E-state index contributed by atoms with van der Waals surface area (Å²) in [6, 6.07) is 0.109. The Bertz CT molecular complexity index is 559. The molecule has 0 aliphatic carbocycles. The van der Waals surface area contributed by atoms with E-state index in [9.17, 15) is 9.59 Å². The molecule has 2 aliphatic rings.